The van der Waals surface area contributed by atoms with Gasteiger partial charge in [0.25, 0.3) is 0 Å². The van der Waals surface area contributed by atoms with E-state index in [2.05, 4.69) is 13.8 Å². The van der Waals surface area contributed by atoms with Crippen LogP contribution in [0.2, 0.25) is 0 Å². The molecule has 0 aliphatic carbocycles. The zero-order valence-electron chi connectivity index (χ0n) is 7.94. The smallest absolute Gasteiger partial charge is 0.0123 e. The van der Waals surface area contributed by atoms with E-state index in [9.17, 15) is 0 Å². The number of hydrogen-bond acceptors (Lipinski definition) is 0. The Hall–Kier alpha value is 0.350. The van der Waals surface area contributed by atoms with Crippen LogP contribution >= 0.6 is 12.6 Å². The molecule has 0 spiro atoms. The summed E-state index contributed by atoms with van der Waals surface area (Å²) in [5.41, 5.74) is 0. The molecule has 0 aromatic heterocycles. The maximum atomic E-state index is 5.08. The fourth-order valence-corrected chi connectivity index (χ4v) is 1.38. The third-order valence-corrected chi connectivity index (χ3v) is 2.20. The highest BCUT2D eigenvalue weighted by atomic mass is 32.1. The number of hydrogen-bond donors (Lipinski definition) is 0. The zero-order chi connectivity index (χ0) is 8.53. The summed E-state index contributed by atoms with van der Waals surface area (Å²) in [7, 11) is 0. The minimum Gasteiger partial charge on any atom is -0.0907 e. The normalized spacial score (nSPS) is 13.4. The second kappa shape index (κ2) is 8.45. The Morgan fingerprint density at radius 2 is 1.55 bits per heavy atom. The van der Waals surface area contributed by atoms with Crippen molar-refractivity contribution in [3.63, 3.8) is 0 Å². The van der Waals surface area contributed by atoms with E-state index in [1.165, 1.54) is 44.9 Å². The van der Waals surface area contributed by atoms with Crippen molar-refractivity contribution in [3.05, 3.63) is 0 Å². The Bertz CT molecular complexity index is 69.3. The van der Waals surface area contributed by atoms with E-state index < -0.39 is 0 Å². The summed E-state index contributed by atoms with van der Waals surface area (Å²) in [6.07, 6.45) is 9.55. The van der Waals surface area contributed by atoms with Crippen molar-refractivity contribution in [2.75, 3.05) is 0 Å². The lowest BCUT2D eigenvalue weighted by Crippen LogP contribution is -1.89. The highest BCUT2D eigenvalue weighted by Gasteiger charge is 1.94. The van der Waals surface area contributed by atoms with Gasteiger partial charge in [0.05, 0.1) is 0 Å². The van der Waals surface area contributed by atoms with Crippen LogP contribution in [0.15, 0.2) is 0 Å². The van der Waals surface area contributed by atoms with Crippen molar-refractivity contribution in [2.45, 2.75) is 64.0 Å². The summed E-state index contributed by atoms with van der Waals surface area (Å²) in [6.45, 7) is 4.38. The van der Waals surface area contributed by atoms with Crippen LogP contribution in [0.3, 0.4) is 0 Å². The first-order chi connectivity index (χ1) is 5.27. The molecule has 0 saturated heterocycles. The van der Waals surface area contributed by atoms with Crippen molar-refractivity contribution in [1.82, 2.24) is 0 Å². The lowest BCUT2D eigenvalue weighted by Gasteiger charge is -2.02. The van der Waals surface area contributed by atoms with Crippen LogP contribution in [-0.4, -0.2) is 5.25 Å². The van der Waals surface area contributed by atoms with Gasteiger partial charge in [0.1, 0.15) is 0 Å². The molecule has 1 radical (unpaired) electrons. The highest BCUT2D eigenvalue weighted by molar-refractivity contribution is 7.80. The molecule has 0 aliphatic heterocycles. The Labute approximate surface area is 77.2 Å². The SMILES string of the molecule is CCCCCCCCC(C)[S]. The van der Waals surface area contributed by atoms with E-state index in [0.717, 1.165) is 0 Å². The summed E-state index contributed by atoms with van der Waals surface area (Å²) in [6, 6.07) is 0. The molecule has 67 valence electrons. The molecule has 0 aromatic carbocycles. The molecule has 1 heteroatoms. The molecule has 0 nitrogen and oxygen atoms in total. The summed E-state index contributed by atoms with van der Waals surface area (Å²) in [5.74, 6) is 0. The Morgan fingerprint density at radius 3 is 2.09 bits per heavy atom. The van der Waals surface area contributed by atoms with Gasteiger partial charge in [-0.3, -0.25) is 0 Å². The maximum absolute atomic E-state index is 5.08. The fraction of sp³-hybridized carbons (Fsp3) is 1.00. The van der Waals surface area contributed by atoms with Crippen LogP contribution in [-0.2, 0) is 0 Å². The second-order valence-electron chi connectivity index (χ2n) is 3.37. The molecular weight excluding hydrogens is 152 g/mol. The standard InChI is InChI=1S/C10H21S/c1-3-4-5-6-7-8-9-10(2)11/h10H,3-9H2,1-2H3. The van der Waals surface area contributed by atoms with Gasteiger partial charge in [-0.1, -0.05) is 65.0 Å². The molecule has 0 heterocycles. The lowest BCUT2D eigenvalue weighted by atomic mass is 10.1. The van der Waals surface area contributed by atoms with Crippen LogP contribution in [0.25, 0.3) is 0 Å². The predicted molar refractivity (Wildman–Crippen MR) is 55.0 cm³/mol. The molecule has 1 atom stereocenters. The van der Waals surface area contributed by atoms with Crippen molar-refractivity contribution in [1.29, 1.82) is 0 Å². The van der Waals surface area contributed by atoms with Gasteiger partial charge in [-0.2, -0.15) is 0 Å². The Morgan fingerprint density at radius 1 is 1.00 bits per heavy atom. The third kappa shape index (κ3) is 10.4. The van der Waals surface area contributed by atoms with E-state index in [0.29, 0.717) is 5.25 Å². The molecule has 0 saturated carbocycles. The first kappa shape index (κ1) is 11.4. The first-order valence-corrected chi connectivity index (χ1v) is 5.40. The average molecular weight is 173 g/mol. The number of rotatable bonds is 7. The minimum absolute atomic E-state index is 0.487. The summed E-state index contributed by atoms with van der Waals surface area (Å²) >= 11 is 5.08. The van der Waals surface area contributed by atoms with Gasteiger partial charge < -0.3 is 0 Å². The summed E-state index contributed by atoms with van der Waals surface area (Å²) < 4.78 is 0. The van der Waals surface area contributed by atoms with Crippen molar-refractivity contribution in [2.24, 2.45) is 0 Å². The quantitative estimate of drug-likeness (QED) is 0.503. The molecule has 0 amide bonds. The van der Waals surface area contributed by atoms with Gasteiger partial charge >= 0.3 is 0 Å². The van der Waals surface area contributed by atoms with E-state index in [1.54, 1.807) is 0 Å². The molecule has 0 aromatic rings. The highest BCUT2D eigenvalue weighted by Crippen LogP contribution is 2.10. The molecule has 0 aliphatic rings. The molecule has 0 N–H and O–H groups in total. The predicted octanol–water partition coefficient (Wildman–Crippen LogP) is 4.32. The van der Waals surface area contributed by atoms with Crippen LogP contribution in [0, 0.1) is 0 Å². The Kier molecular flexibility index (Phi) is 8.72. The average Bonchev–Trinajstić information content (AvgIpc) is 1.96. The monoisotopic (exact) mass is 173 g/mol. The van der Waals surface area contributed by atoms with Crippen molar-refractivity contribution < 1.29 is 0 Å². The van der Waals surface area contributed by atoms with Crippen LogP contribution in [0.4, 0.5) is 0 Å². The van der Waals surface area contributed by atoms with E-state index in [4.69, 9.17) is 12.6 Å². The zero-order valence-corrected chi connectivity index (χ0v) is 8.75. The van der Waals surface area contributed by atoms with E-state index in [1.807, 2.05) is 0 Å². The minimum atomic E-state index is 0.487. The van der Waals surface area contributed by atoms with Crippen molar-refractivity contribution >= 4 is 12.6 Å². The van der Waals surface area contributed by atoms with E-state index >= 15 is 0 Å². The van der Waals surface area contributed by atoms with E-state index in [-0.39, 0.29) is 0 Å². The second-order valence-corrected chi connectivity index (χ2v) is 4.17. The van der Waals surface area contributed by atoms with Gasteiger partial charge in [-0.05, 0) is 6.42 Å². The maximum Gasteiger partial charge on any atom is 0.0123 e. The summed E-state index contributed by atoms with van der Waals surface area (Å²) in [5, 5.41) is 0.487. The molecular formula is C10H21S. The van der Waals surface area contributed by atoms with Gasteiger partial charge in [0, 0.05) is 5.25 Å². The third-order valence-electron chi connectivity index (χ3n) is 1.96. The summed E-state index contributed by atoms with van der Waals surface area (Å²) in [4.78, 5) is 0. The molecule has 0 bridgehead atoms. The van der Waals surface area contributed by atoms with Gasteiger partial charge in [0.15, 0.2) is 0 Å². The molecule has 0 fully saturated rings. The topological polar surface area (TPSA) is 0 Å². The largest absolute Gasteiger partial charge is 0.0907 e. The lowest BCUT2D eigenvalue weighted by molar-refractivity contribution is 0.589. The van der Waals surface area contributed by atoms with Crippen LogP contribution in [0.1, 0.15) is 58.8 Å². The van der Waals surface area contributed by atoms with Crippen LogP contribution in [0.5, 0.6) is 0 Å². The first-order valence-electron chi connectivity index (χ1n) is 4.93. The molecule has 1 unspecified atom stereocenters. The van der Waals surface area contributed by atoms with Gasteiger partial charge in [-0.25, -0.2) is 0 Å². The van der Waals surface area contributed by atoms with Crippen LogP contribution < -0.4 is 0 Å². The molecule has 11 heavy (non-hydrogen) atoms. The Balaban J connectivity index is 2.80. The number of unbranched alkanes of at least 4 members (excludes halogenated alkanes) is 5. The molecule has 0 rings (SSSR count). The van der Waals surface area contributed by atoms with Gasteiger partial charge in [-0.15, -0.1) is 0 Å². The fourth-order valence-electron chi connectivity index (χ4n) is 1.21. The van der Waals surface area contributed by atoms with Crippen molar-refractivity contribution in [3.8, 4) is 0 Å². The van der Waals surface area contributed by atoms with Gasteiger partial charge in [0.2, 0.25) is 0 Å².